The Hall–Kier alpha value is -7.68. The van der Waals surface area contributed by atoms with E-state index in [1.54, 1.807) is 0 Å². The molecule has 0 atom stereocenters. The van der Waals surface area contributed by atoms with Crippen LogP contribution in [0.1, 0.15) is 37.2 Å². The van der Waals surface area contributed by atoms with Crippen LogP contribution in [0.25, 0.3) is 82.4 Å². The molecule has 2 nitrogen and oxygen atoms in total. The van der Waals surface area contributed by atoms with Crippen molar-refractivity contribution >= 4 is 60.4 Å². The normalized spacial score (nSPS) is 13.1. The molecule has 0 saturated heterocycles. The summed E-state index contributed by atoms with van der Waals surface area (Å²) >= 11 is 0. The van der Waals surface area contributed by atoms with E-state index in [9.17, 15) is 0 Å². The molecular formula is C61H46N2. The molecule has 300 valence electrons. The van der Waals surface area contributed by atoms with Crippen molar-refractivity contribution in [3.63, 3.8) is 0 Å². The second-order valence-corrected chi connectivity index (χ2v) is 17.2. The van der Waals surface area contributed by atoms with Crippen molar-refractivity contribution < 1.29 is 0 Å². The second-order valence-electron chi connectivity index (χ2n) is 17.2. The third-order valence-electron chi connectivity index (χ3n) is 13.6. The lowest BCUT2D eigenvalue weighted by molar-refractivity contribution is 0.723. The van der Waals surface area contributed by atoms with Gasteiger partial charge in [0.25, 0.3) is 0 Å². The van der Waals surface area contributed by atoms with Crippen molar-refractivity contribution in [3.05, 3.63) is 230 Å². The summed E-state index contributed by atoms with van der Waals surface area (Å²) < 4.78 is 2.37. The predicted octanol–water partition coefficient (Wildman–Crippen LogP) is 17.2. The summed E-state index contributed by atoms with van der Waals surface area (Å²) in [5.74, 6) is 0.721. The Labute approximate surface area is 368 Å². The molecule has 0 radical (unpaired) electrons. The average Bonchev–Trinajstić information content (AvgIpc) is 4.02. The van der Waals surface area contributed by atoms with Crippen LogP contribution in [-0.2, 0) is 0 Å². The first-order chi connectivity index (χ1) is 31.2. The van der Waals surface area contributed by atoms with Gasteiger partial charge in [0, 0.05) is 33.5 Å². The van der Waals surface area contributed by atoms with Crippen LogP contribution in [0.15, 0.2) is 224 Å². The third-order valence-corrected chi connectivity index (χ3v) is 13.6. The van der Waals surface area contributed by atoms with Crippen molar-refractivity contribution in [1.82, 2.24) is 4.57 Å². The molecule has 11 aromatic rings. The molecule has 63 heavy (non-hydrogen) atoms. The van der Waals surface area contributed by atoms with E-state index in [0.717, 1.165) is 28.7 Å². The molecule has 1 saturated carbocycles. The van der Waals surface area contributed by atoms with Crippen LogP contribution in [0.3, 0.4) is 0 Å². The molecule has 0 aliphatic heterocycles. The van der Waals surface area contributed by atoms with Gasteiger partial charge in [-0.3, -0.25) is 0 Å². The highest BCUT2D eigenvalue weighted by Crippen LogP contribution is 2.41. The standard InChI is InChI=1S/C61H46N2/c1-2-12-42(11-1)43-21-23-44(24-22-43)45-25-33-50(34-26-45)62(52-39-31-48(32-40-52)59-41-49-13-3-4-14-54(49)55-15-5-6-16-56(55)59)51-35-27-46(28-36-51)47-29-37-53(38-30-47)63-60-19-9-7-17-57(60)58-18-8-10-20-61(58)63/h3-10,13-42H,1-2,11-12H2. The Bertz CT molecular complexity index is 3350. The molecule has 1 aromatic heterocycles. The van der Waals surface area contributed by atoms with Crippen molar-refractivity contribution in [1.29, 1.82) is 0 Å². The molecule has 0 N–H and O–H groups in total. The highest BCUT2D eigenvalue weighted by molar-refractivity contribution is 6.14. The Kier molecular flexibility index (Phi) is 9.22. The molecule has 0 spiro atoms. The van der Waals surface area contributed by atoms with E-state index in [0.29, 0.717) is 0 Å². The largest absolute Gasteiger partial charge is 0.311 e. The molecule has 1 fully saturated rings. The minimum absolute atomic E-state index is 0.721. The topological polar surface area (TPSA) is 8.17 Å². The van der Waals surface area contributed by atoms with Crippen molar-refractivity contribution in [3.8, 4) is 39.1 Å². The number of benzene rings is 10. The van der Waals surface area contributed by atoms with Crippen LogP contribution in [0.2, 0.25) is 0 Å². The Morgan fingerprint density at radius 2 is 0.762 bits per heavy atom. The van der Waals surface area contributed by atoms with Gasteiger partial charge in [-0.2, -0.15) is 0 Å². The van der Waals surface area contributed by atoms with Gasteiger partial charge in [0.1, 0.15) is 0 Å². The van der Waals surface area contributed by atoms with E-state index in [-0.39, 0.29) is 0 Å². The quantitative estimate of drug-likeness (QED) is 0.139. The first-order valence-corrected chi connectivity index (χ1v) is 22.4. The van der Waals surface area contributed by atoms with Gasteiger partial charge in [-0.1, -0.05) is 171 Å². The number of aromatic nitrogens is 1. The molecular weight excluding hydrogens is 761 g/mol. The summed E-state index contributed by atoms with van der Waals surface area (Å²) in [4.78, 5) is 2.38. The van der Waals surface area contributed by atoms with Crippen LogP contribution in [0, 0.1) is 0 Å². The van der Waals surface area contributed by atoms with Crippen LogP contribution in [0.5, 0.6) is 0 Å². The molecule has 1 heterocycles. The Morgan fingerprint density at radius 3 is 1.30 bits per heavy atom. The summed E-state index contributed by atoms with van der Waals surface area (Å²) in [5, 5.41) is 7.65. The minimum Gasteiger partial charge on any atom is -0.311 e. The number of nitrogens with zero attached hydrogens (tertiary/aromatic N) is 2. The number of para-hydroxylation sites is 2. The van der Waals surface area contributed by atoms with Gasteiger partial charge in [-0.25, -0.2) is 0 Å². The summed E-state index contributed by atoms with van der Waals surface area (Å²) in [6.45, 7) is 0. The minimum atomic E-state index is 0.721. The first-order valence-electron chi connectivity index (χ1n) is 22.4. The van der Waals surface area contributed by atoms with E-state index in [2.05, 4.69) is 234 Å². The van der Waals surface area contributed by atoms with Gasteiger partial charge >= 0.3 is 0 Å². The molecule has 0 bridgehead atoms. The van der Waals surface area contributed by atoms with Gasteiger partial charge in [0.05, 0.1) is 11.0 Å². The average molecular weight is 807 g/mol. The lowest BCUT2D eigenvalue weighted by Gasteiger charge is -2.26. The van der Waals surface area contributed by atoms with Crippen LogP contribution < -0.4 is 4.90 Å². The van der Waals surface area contributed by atoms with Gasteiger partial charge in [-0.15, -0.1) is 0 Å². The Balaban J connectivity index is 0.892. The highest BCUT2D eigenvalue weighted by atomic mass is 15.1. The van der Waals surface area contributed by atoms with E-state index in [1.807, 2.05) is 0 Å². The van der Waals surface area contributed by atoms with Crippen LogP contribution >= 0.6 is 0 Å². The smallest absolute Gasteiger partial charge is 0.0541 e. The zero-order chi connectivity index (χ0) is 41.7. The van der Waals surface area contributed by atoms with Gasteiger partial charge in [-0.05, 0) is 146 Å². The summed E-state index contributed by atoms with van der Waals surface area (Å²) in [7, 11) is 0. The number of hydrogen-bond donors (Lipinski definition) is 0. The van der Waals surface area contributed by atoms with Crippen molar-refractivity contribution in [2.45, 2.75) is 31.6 Å². The fourth-order valence-corrected chi connectivity index (χ4v) is 10.3. The van der Waals surface area contributed by atoms with E-state index in [1.165, 1.54) is 108 Å². The fraction of sp³-hybridized carbons (Fsp3) is 0.0820. The number of rotatable bonds is 8. The van der Waals surface area contributed by atoms with Crippen LogP contribution in [0.4, 0.5) is 17.1 Å². The number of hydrogen-bond acceptors (Lipinski definition) is 1. The molecule has 1 aliphatic carbocycles. The predicted molar refractivity (Wildman–Crippen MR) is 268 cm³/mol. The Morgan fingerprint density at radius 1 is 0.349 bits per heavy atom. The van der Waals surface area contributed by atoms with Crippen molar-refractivity contribution in [2.75, 3.05) is 4.90 Å². The van der Waals surface area contributed by atoms with Crippen LogP contribution in [-0.4, -0.2) is 4.57 Å². The maximum atomic E-state index is 2.38. The lowest BCUT2D eigenvalue weighted by atomic mass is 9.93. The maximum Gasteiger partial charge on any atom is 0.0541 e. The molecule has 1 aliphatic rings. The van der Waals surface area contributed by atoms with E-state index < -0.39 is 0 Å². The van der Waals surface area contributed by atoms with Gasteiger partial charge in [0.2, 0.25) is 0 Å². The van der Waals surface area contributed by atoms with E-state index in [4.69, 9.17) is 0 Å². The lowest BCUT2D eigenvalue weighted by Crippen LogP contribution is -2.09. The molecule has 0 amide bonds. The zero-order valence-corrected chi connectivity index (χ0v) is 35.2. The second kappa shape index (κ2) is 15.7. The molecule has 0 unspecified atom stereocenters. The number of fused-ring (bicyclic) bond motifs is 6. The summed E-state index contributed by atoms with van der Waals surface area (Å²) in [6, 6.07) is 82.8. The molecule has 12 rings (SSSR count). The highest BCUT2D eigenvalue weighted by Gasteiger charge is 2.18. The first kappa shape index (κ1) is 37.1. The fourth-order valence-electron chi connectivity index (χ4n) is 10.3. The van der Waals surface area contributed by atoms with Gasteiger partial charge < -0.3 is 9.47 Å². The SMILES string of the molecule is c1ccc2c(c1)cc(-c1ccc(N(c3ccc(-c4ccc(C5CCCC5)cc4)cc3)c3ccc(-c4ccc(-n5c6ccccc6c6ccccc65)cc4)cc3)cc1)c1ccccc12. The monoisotopic (exact) mass is 806 g/mol. The van der Waals surface area contributed by atoms with Gasteiger partial charge in [0.15, 0.2) is 0 Å². The molecule has 10 aromatic carbocycles. The van der Waals surface area contributed by atoms with Crippen molar-refractivity contribution in [2.24, 2.45) is 0 Å². The third kappa shape index (κ3) is 6.67. The van der Waals surface area contributed by atoms with E-state index >= 15 is 0 Å². The summed E-state index contributed by atoms with van der Waals surface area (Å²) in [6.07, 6.45) is 5.35. The molecule has 2 heteroatoms. The zero-order valence-electron chi connectivity index (χ0n) is 35.2. The maximum absolute atomic E-state index is 2.38. The number of anilines is 3. The summed E-state index contributed by atoms with van der Waals surface area (Å²) in [5.41, 5.74) is 15.7.